The van der Waals surface area contributed by atoms with Crippen LogP contribution in [0.2, 0.25) is 0 Å². The molecule has 1 aromatic carbocycles. The van der Waals surface area contributed by atoms with Gasteiger partial charge in [0, 0.05) is 12.0 Å². The summed E-state index contributed by atoms with van der Waals surface area (Å²) in [7, 11) is -3.45. The molecule has 3 rings (SSSR count). The SMILES string of the molecule is O=S(=O)(N[C@H]1CCOc2ccccc21)c1cccs1. The van der Waals surface area contributed by atoms with Gasteiger partial charge >= 0.3 is 0 Å². The summed E-state index contributed by atoms with van der Waals surface area (Å²) >= 11 is 1.22. The van der Waals surface area contributed by atoms with E-state index < -0.39 is 10.0 Å². The topological polar surface area (TPSA) is 55.4 Å². The molecule has 0 fully saturated rings. The maximum absolute atomic E-state index is 12.2. The highest BCUT2D eigenvalue weighted by Gasteiger charge is 2.26. The molecule has 0 saturated carbocycles. The number of benzene rings is 1. The zero-order valence-corrected chi connectivity index (χ0v) is 11.7. The average molecular weight is 295 g/mol. The Bertz CT molecular complexity index is 665. The molecule has 1 atom stereocenters. The Balaban J connectivity index is 1.90. The molecule has 0 radical (unpaired) electrons. The van der Waals surface area contributed by atoms with Crippen molar-refractivity contribution in [3.8, 4) is 5.75 Å². The van der Waals surface area contributed by atoms with Gasteiger partial charge in [0.15, 0.2) is 0 Å². The van der Waals surface area contributed by atoms with Gasteiger partial charge in [-0.15, -0.1) is 11.3 Å². The van der Waals surface area contributed by atoms with Crippen LogP contribution < -0.4 is 9.46 Å². The lowest BCUT2D eigenvalue weighted by atomic mass is 10.0. The lowest BCUT2D eigenvalue weighted by Crippen LogP contribution is -2.31. The Kier molecular flexibility index (Phi) is 3.30. The van der Waals surface area contributed by atoms with E-state index >= 15 is 0 Å². The van der Waals surface area contributed by atoms with Crippen LogP contribution in [0.5, 0.6) is 5.75 Å². The van der Waals surface area contributed by atoms with Crippen LogP contribution in [0, 0.1) is 0 Å². The standard InChI is InChI=1S/C13H13NO3S2/c15-19(16,13-6-3-9-18-13)14-11-7-8-17-12-5-2-1-4-10(11)12/h1-6,9,11,14H,7-8H2/t11-/m0/s1. The van der Waals surface area contributed by atoms with Crippen molar-refractivity contribution in [3.63, 3.8) is 0 Å². The van der Waals surface area contributed by atoms with E-state index in [1.807, 2.05) is 24.3 Å². The van der Waals surface area contributed by atoms with E-state index in [0.717, 1.165) is 11.3 Å². The minimum absolute atomic E-state index is 0.225. The fourth-order valence-electron chi connectivity index (χ4n) is 2.13. The van der Waals surface area contributed by atoms with Gasteiger partial charge in [0.2, 0.25) is 0 Å². The number of nitrogens with one attached hydrogen (secondary N) is 1. The summed E-state index contributed by atoms with van der Waals surface area (Å²) < 4.78 is 33.1. The van der Waals surface area contributed by atoms with Gasteiger partial charge in [-0.2, -0.15) is 0 Å². The van der Waals surface area contributed by atoms with Crippen molar-refractivity contribution in [2.75, 3.05) is 6.61 Å². The second-order valence-electron chi connectivity index (χ2n) is 4.28. The molecule has 4 nitrogen and oxygen atoms in total. The summed E-state index contributed by atoms with van der Waals surface area (Å²) in [5, 5.41) is 1.76. The number of hydrogen-bond acceptors (Lipinski definition) is 4. The molecule has 0 aliphatic carbocycles. The Labute approximate surface area is 116 Å². The van der Waals surface area contributed by atoms with E-state index in [9.17, 15) is 8.42 Å². The average Bonchev–Trinajstić information content (AvgIpc) is 2.93. The summed E-state index contributed by atoms with van der Waals surface area (Å²) in [4.78, 5) is 0. The van der Waals surface area contributed by atoms with Crippen LogP contribution in [-0.2, 0) is 10.0 Å². The molecule has 0 spiro atoms. The van der Waals surface area contributed by atoms with Crippen molar-refractivity contribution in [2.24, 2.45) is 0 Å². The normalized spacial score (nSPS) is 18.6. The quantitative estimate of drug-likeness (QED) is 0.946. The lowest BCUT2D eigenvalue weighted by molar-refractivity contribution is 0.263. The first-order valence-electron chi connectivity index (χ1n) is 5.94. The molecule has 1 aliphatic rings. The van der Waals surface area contributed by atoms with Gasteiger partial charge in [-0.3, -0.25) is 0 Å². The van der Waals surface area contributed by atoms with E-state index in [2.05, 4.69) is 4.72 Å². The van der Waals surface area contributed by atoms with Gasteiger partial charge in [-0.1, -0.05) is 24.3 Å². The van der Waals surface area contributed by atoms with Crippen LogP contribution in [0.1, 0.15) is 18.0 Å². The van der Waals surface area contributed by atoms with Crippen molar-refractivity contribution < 1.29 is 13.2 Å². The molecule has 6 heteroatoms. The minimum atomic E-state index is -3.45. The van der Waals surface area contributed by atoms with Crippen LogP contribution in [0.15, 0.2) is 46.0 Å². The van der Waals surface area contributed by atoms with E-state index in [0.29, 0.717) is 17.2 Å². The van der Waals surface area contributed by atoms with Crippen molar-refractivity contribution in [2.45, 2.75) is 16.7 Å². The molecule has 0 saturated heterocycles. The van der Waals surface area contributed by atoms with Crippen LogP contribution in [0.4, 0.5) is 0 Å². The first kappa shape index (κ1) is 12.7. The summed E-state index contributed by atoms with van der Waals surface area (Å²) in [6, 6.07) is 10.7. The summed E-state index contributed by atoms with van der Waals surface area (Å²) in [6.07, 6.45) is 0.640. The molecule has 1 aliphatic heterocycles. The smallest absolute Gasteiger partial charge is 0.250 e. The van der Waals surface area contributed by atoms with Gasteiger partial charge in [-0.05, 0) is 17.5 Å². The van der Waals surface area contributed by atoms with Crippen LogP contribution in [0.25, 0.3) is 0 Å². The molecular formula is C13H13NO3S2. The van der Waals surface area contributed by atoms with Crippen molar-refractivity contribution in [3.05, 3.63) is 47.3 Å². The molecule has 0 amide bonds. The Hall–Kier alpha value is -1.37. The second kappa shape index (κ2) is 4.96. The molecule has 100 valence electrons. The molecular weight excluding hydrogens is 282 g/mol. The zero-order chi connectivity index (χ0) is 13.3. The molecule has 0 unspecified atom stereocenters. The third-order valence-electron chi connectivity index (χ3n) is 3.02. The number of sulfonamides is 1. The first-order chi connectivity index (χ1) is 9.17. The van der Waals surface area contributed by atoms with E-state index in [1.54, 1.807) is 17.5 Å². The maximum Gasteiger partial charge on any atom is 0.250 e. The number of para-hydroxylation sites is 1. The van der Waals surface area contributed by atoms with Crippen LogP contribution in [-0.4, -0.2) is 15.0 Å². The Morgan fingerprint density at radius 3 is 2.84 bits per heavy atom. The second-order valence-corrected chi connectivity index (χ2v) is 7.17. The van der Waals surface area contributed by atoms with Crippen LogP contribution in [0.3, 0.4) is 0 Å². The lowest BCUT2D eigenvalue weighted by Gasteiger charge is -2.26. The van der Waals surface area contributed by atoms with E-state index in [4.69, 9.17) is 4.74 Å². The Morgan fingerprint density at radius 2 is 2.05 bits per heavy atom. The predicted octanol–water partition coefficient (Wildman–Crippen LogP) is 2.55. The molecule has 1 aromatic heterocycles. The largest absolute Gasteiger partial charge is 0.493 e. The zero-order valence-electron chi connectivity index (χ0n) is 10.1. The number of thiophene rings is 1. The van der Waals surface area contributed by atoms with Crippen molar-refractivity contribution in [1.82, 2.24) is 4.72 Å². The number of hydrogen-bond donors (Lipinski definition) is 1. The van der Waals surface area contributed by atoms with Gasteiger partial charge < -0.3 is 4.74 Å². The summed E-state index contributed by atoms with van der Waals surface area (Å²) in [5.41, 5.74) is 0.897. The van der Waals surface area contributed by atoms with Gasteiger partial charge in [0.05, 0.1) is 12.6 Å². The molecule has 0 bridgehead atoms. The fraction of sp³-hybridized carbons (Fsp3) is 0.231. The monoisotopic (exact) mass is 295 g/mol. The van der Waals surface area contributed by atoms with E-state index in [-0.39, 0.29) is 6.04 Å². The van der Waals surface area contributed by atoms with Crippen LogP contribution >= 0.6 is 11.3 Å². The molecule has 2 heterocycles. The summed E-state index contributed by atoms with van der Waals surface area (Å²) in [5.74, 6) is 0.757. The molecule has 2 aromatic rings. The Morgan fingerprint density at radius 1 is 1.21 bits per heavy atom. The predicted molar refractivity (Wildman–Crippen MR) is 73.9 cm³/mol. The third-order valence-corrected chi connectivity index (χ3v) is 5.89. The van der Waals surface area contributed by atoms with Gasteiger partial charge in [0.1, 0.15) is 9.96 Å². The van der Waals surface area contributed by atoms with E-state index in [1.165, 1.54) is 11.3 Å². The molecule has 1 N–H and O–H groups in total. The number of fused-ring (bicyclic) bond motifs is 1. The summed E-state index contributed by atoms with van der Waals surface area (Å²) in [6.45, 7) is 0.522. The van der Waals surface area contributed by atoms with Gasteiger partial charge in [0.25, 0.3) is 10.0 Å². The fourth-order valence-corrected chi connectivity index (χ4v) is 4.39. The van der Waals surface area contributed by atoms with Crippen molar-refractivity contribution in [1.29, 1.82) is 0 Å². The number of rotatable bonds is 3. The minimum Gasteiger partial charge on any atom is -0.493 e. The maximum atomic E-state index is 12.2. The third kappa shape index (κ3) is 2.51. The van der Waals surface area contributed by atoms with Gasteiger partial charge in [-0.25, -0.2) is 13.1 Å². The molecule has 19 heavy (non-hydrogen) atoms. The first-order valence-corrected chi connectivity index (χ1v) is 8.31. The highest BCUT2D eigenvalue weighted by Crippen LogP contribution is 2.32. The number of ether oxygens (including phenoxy) is 1. The highest BCUT2D eigenvalue weighted by molar-refractivity contribution is 7.91. The highest BCUT2D eigenvalue weighted by atomic mass is 32.2. The van der Waals surface area contributed by atoms with Crippen molar-refractivity contribution >= 4 is 21.4 Å².